The van der Waals surface area contributed by atoms with Crippen LogP contribution in [-0.4, -0.2) is 41.0 Å². The van der Waals surface area contributed by atoms with Crippen LogP contribution >= 0.6 is 0 Å². The van der Waals surface area contributed by atoms with Crippen molar-refractivity contribution in [1.82, 2.24) is 4.90 Å². The van der Waals surface area contributed by atoms with Gasteiger partial charge in [0, 0.05) is 18.0 Å². The van der Waals surface area contributed by atoms with Gasteiger partial charge in [0.1, 0.15) is 0 Å². The number of rotatable bonds is 6. The molecular weight excluding hydrogens is 232 g/mol. The van der Waals surface area contributed by atoms with Crippen molar-refractivity contribution in [3.8, 4) is 0 Å². The fourth-order valence-electron chi connectivity index (χ4n) is 2.88. The van der Waals surface area contributed by atoms with Gasteiger partial charge in [-0.1, -0.05) is 26.2 Å². The Morgan fingerprint density at radius 1 is 1.33 bits per heavy atom. The molecule has 1 unspecified atom stereocenters. The van der Waals surface area contributed by atoms with E-state index in [2.05, 4.69) is 0 Å². The highest BCUT2D eigenvalue weighted by Crippen LogP contribution is 2.36. The molecule has 1 atom stereocenters. The van der Waals surface area contributed by atoms with Gasteiger partial charge in [0.25, 0.3) is 0 Å². The molecular formula is C13H24N2O3. The fourth-order valence-corrected chi connectivity index (χ4v) is 2.88. The van der Waals surface area contributed by atoms with Gasteiger partial charge in [-0.2, -0.15) is 0 Å². The molecule has 18 heavy (non-hydrogen) atoms. The number of carbonyl (C=O) groups excluding carboxylic acids is 1. The summed E-state index contributed by atoms with van der Waals surface area (Å²) in [5, 5.41) is 9.10. The second-order valence-corrected chi connectivity index (χ2v) is 5.54. The highest BCUT2D eigenvalue weighted by molar-refractivity contribution is 5.76. The van der Waals surface area contributed by atoms with Crippen LogP contribution in [0.3, 0.4) is 0 Å². The molecule has 1 amide bonds. The van der Waals surface area contributed by atoms with Crippen LogP contribution in [0, 0.1) is 5.92 Å². The van der Waals surface area contributed by atoms with E-state index < -0.39 is 5.97 Å². The molecule has 104 valence electrons. The summed E-state index contributed by atoms with van der Waals surface area (Å²) in [6.07, 6.45) is 5.21. The van der Waals surface area contributed by atoms with Crippen molar-refractivity contribution in [2.24, 2.45) is 11.7 Å². The van der Waals surface area contributed by atoms with Crippen LogP contribution in [0.2, 0.25) is 0 Å². The van der Waals surface area contributed by atoms with Gasteiger partial charge >= 0.3 is 5.97 Å². The Labute approximate surface area is 108 Å². The van der Waals surface area contributed by atoms with Crippen molar-refractivity contribution in [3.05, 3.63) is 0 Å². The van der Waals surface area contributed by atoms with Gasteiger partial charge in [-0.15, -0.1) is 0 Å². The summed E-state index contributed by atoms with van der Waals surface area (Å²) in [7, 11) is 1.91. The van der Waals surface area contributed by atoms with E-state index in [-0.39, 0.29) is 23.8 Å². The first-order chi connectivity index (χ1) is 8.37. The number of carbonyl (C=O) groups is 2. The molecule has 0 radical (unpaired) electrons. The van der Waals surface area contributed by atoms with Crippen LogP contribution in [0.15, 0.2) is 0 Å². The molecule has 1 fully saturated rings. The number of hydrogen-bond donors (Lipinski definition) is 2. The smallest absolute Gasteiger partial charge is 0.305 e. The lowest BCUT2D eigenvalue weighted by molar-refractivity contribution is -0.141. The van der Waals surface area contributed by atoms with Gasteiger partial charge in [0.2, 0.25) is 5.91 Å². The predicted octanol–water partition coefficient (Wildman–Crippen LogP) is 1.22. The first-order valence-corrected chi connectivity index (χ1v) is 6.60. The Morgan fingerprint density at radius 2 is 1.89 bits per heavy atom. The van der Waals surface area contributed by atoms with Crippen LogP contribution in [0.4, 0.5) is 0 Å². The monoisotopic (exact) mass is 256 g/mol. The molecule has 0 aromatic carbocycles. The summed E-state index contributed by atoms with van der Waals surface area (Å²) in [5.41, 5.74) is 4.98. The third-order valence-electron chi connectivity index (χ3n) is 4.11. The third-order valence-corrected chi connectivity index (χ3v) is 4.11. The normalized spacial score (nSPS) is 20.6. The van der Waals surface area contributed by atoms with Crippen LogP contribution in [-0.2, 0) is 9.59 Å². The lowest BCUT2D eigenvalue weighted by Gasteiger charge is -2.44. The Balaban J connectivity index is 2.75. The minimum atomic E-state index is -0.768. The summed E-state index contributed by atoms with van der Waals surface area (Å²) in [6, 6.07) is 0. The minimum absolute atomic E-state index is 0.148. The molecule has 0 saturated heterocycles. The molecule has 5 nitrogen and oxygen atoms in total. The number of nitrogens with zero attached hydrogens (tertiary/aromatic N) is 1. The molecule has 0 aromatic rings. The maximum absolute atomic E-state index is 11.1. The van der Waals surface area contributed by atoms with E-state index in [1.165, 1.54) is 6.42 Å². The first kappa shape index (κ1) is 15.0. The summed E-state index contributed by atoms with van der Waals surface area (Å²) < 4.78 is 0. The third kappa shape index (κ3) is 3.70. The van der Waals surface area contributed by atoms with Crippen LogP contribution in [0.25, 0.3) is 0 Å². The molecule has 1 rings (SSSR count). The van der Waals surface area contributed by atoms with E-state index in [1.54, 1.807) is 6.92 Å². The number of aliphatic carboxylic acids is 1. The predicted molar refractivity (Wildman–Crippen MR) is 69.1 cm³/mol. The maximum Gasteiger partial charge on any atom is 0.305 e. The van der Waals surface area contributed by atoms with Crippen LogP contribution in [0.1, 0.15) is 45.4 Å². The molecule has 1 aliphatic rings. The lowest BCUT2D eigenvalue weighted by atomic mass is 9.77. The van der Waals surface area contributed by atoms with Gasteiger partial charge < -0.3 is 10.8 Å². The number of carboxylic acid groups (broad SMARTS) is 1. The SMILES string of the molecule is CC(CN(C)C1(CC(=O)O)CCCCC1)C(N)=O. The molecule has 0 heterocycles. The zero-order valence-corrected chi connectivity index (χ0v) is 11.3. The van der Waals surface area contributed by atoms with Gasteiger partial charge in [-0.05, 0) is 19.9 Å². The molecule has 3 N–H and O–H groups in total. The van der Waals surface area contributed by atoms with Crippen LogP contribution < -0.4 is 5.73 Å². The largest absolute Gasteiger partial charge is 0.481 e. The molecule has 1 aliphatic carbocycles. The molecule has 0 aliphatic heterocycles. The zero-order valence-electron chi connectivity index (χ0n) is 11.3. The number of primary amides is 1. The maximum atomic E-state index is 11.1. The van der Waals surface area contributed by atoms with E-state index in [1.807, 2.05) is 11.9 Å². The van der Waals surface area contributed by atoms with E-state index in [0.717, 1.165) is 25.7 Å². The van der Waals surface area contributed by atoms with E-state index in [0.29, 0.717) is 6.54 Å². The molecule has 0 spiro atoms. The number of nitrogens with two attached hydrogens (primary N) is 1. The highest BCUT2D eigenvalue weighted by atomic mass is 16.4. The quantitative estimate of drug-likeness (QED) is 0.748. The Morgan fingerprint density at radius 3 is 2.33 bits per heavy atom. The summed E-state index contributed by atoms with van der Waals surface area (Å²) in [4.78, 5) is 24.2. The average molecular weight is 256 g/mol. The van der Waals surface area contributed by atoms with Crippen molar-refractivity contribution in [2.75, 3.05) is 13.6 Å². The zero-order chi connectivity index (χ0) is 13.8. The lowest BCUT2D eigenvalue weighted by Crippen LogP contribution is -2.51. The summed E-state index contributed by atoms with van der Waals surface area (Å²) in [5.74, 6) is -1.35. The van der Waals surface area contributed by atoms with Crippen molar-refractivity contribution >= 4 is 11.9 Å². The average Bonchev–Trinajstić information content (AvgIpc) is 2.28. The van der Waals surface area contributed by atoms with Gasteiger partial charge in [0.15, 0.2) is 0 Å². The highest BCUT2D eigenvalue weighted by Gasteiger charge is 2.38. The van der Waals surface area contributed by atoms with Crippen molar-refractivity contribution < 1.29 is 14.7 Å². The Kier molecular flexibility index (Phi) is 5.14. The minimum Gasteiger partial charge on any atom is -0.481 e. The topological polar surface area (TPSA) is 83.6 Å². The number of hydrogen-bond acceptors (Lipinski definition) is 3. The number of carboxylic acids is 1. The second-order valence-electron chi connectivity index (χ2n) is 5.54. The van der Waals surface area contributed by atoms with Gasteiger partial charge in [0.05, 0.1) is 6.42 Å². The standard InChI is InChI=1S/C13H24N2O3/c1-10(12(14)18)9-15(2)13(8-11(16)17)6-4-3-5-7-13/h10H,3-9H2,1-2H3,(H2,14,18)(H,16,17). The Bertz CT molecular complexity index is 311. The van der Waals surface area contributed by atoms with Crippen molar-refractivity contribution in [1.29, 1.82) is 0 Å². The van der Waals surface area contributed by atoms with Gasteiger partial charge in [-0.25, -0.2) is 0 Å². The van der Waals surface area contributed by atoms with E-state index in [9.17, 15) is 9.59 Å². The molecule has 1 saturated carbocycles. The van der Waals surface area contributed by atoms with E-state index in [4.69, 9.17) is 10.8 Å². The second kappa shape index (κ2) is 6.18. The van der Waals surface area contributed by atoms with E-state index >= 15 is 0 Å². The fraction of sp³-hybridized carbons (Fsp3) is 0.846. The van der Waals surface area contributed by atoms with Crippen molar-refractivity contribution in [2.45, 2.75) is 51.0 Å². The molecule has 5 heteroatoms. The van der Waals surface area contributed by atoms with Crippen molar-refractivity contribution in [3.63, 3.8) is 0 Å². The number of amides is 1. The van der Waals surface area contributed by atoms with Crippen LogP contribution in [0.5, 0.6) is 0 Å². The molecule has 0 bridgehead atoms. The summed E-state index contributed by atoms with van der Waals surface area (Å²) >= 11 is 0. The Hall–Kier alpha value is -1.10. The van der Waals surface area contributed by atoms with Gasteiger partial charge in [-0.3, -0.25) is 14.5 Å². The summed E-state index contributed by atoms with van der Waals surface area (Å²) in [6.45, 7) is 2.32. The molecule has 0 aromatic heterocycles. The first-order valence-electron chi connectivity index (χ1n) is 6.60.